The van der Waals surface area contributed by atoms with Crippen LogP contribution in [0.5, 0.6) is 0 Å². The summed E-state index contributed by atoms with van der Waals surface area (Å²) in [6, 6.07) is 4.30. The van der Waals surface area contributed by atoms with Crippen molar-refractivity contribution in [1.82, 2.24) is 15.6 Å². The van der Waals surface area contributed by atoms with Crippen LogP contribution in [-0.4, -0.2) is 41.0 Å². The molecule has 0 bridgehead atoms. The first-order valence-electron chi connectivity index (χ1n) is 6.89. The highest BCUT2D eigenvalue weighted by Crippen LogP contribution is 2.21. The van der Waals surface area contributed by atoms with Crippen LogP contribution in [0.4, 0.5) is 15.9 Å². The van der Waals surface area contributed by atoms with Crippen LogP contribution in [0.1, 0.15) is 5.69 Å². The molecule has 2 heterocycles. The summed E-state index contributed by atoms with van der Waals surface area (Å²) in [5.74, 6) is 0.532. The fourth-order valence-electron chi connectivity index (χ4n) is 2.04. The average molecular weight is 385 g/mol. The van der Waals surface area contributed by atoms with E-state index < -0.39 is 5.82 Å². The van der Waals surface area contributed by atoms with Crippen molar-refractivity contribution in [2.45, 2.75) is 0 Å². The Labute approximate surface area is 139 Å². The molecular formula is C13H14BrFN6O2. The molecule has 122 valence electrons. The molecule has 4 N–H and O–H groups in total. The number of benzene rings is 1. The number of oxime groups is 1. The molecule has 0 saturated carbocycles. The lowest BCUT2D eigenvalue weighted by Gasteiger charge is -2.26. The van der Waals surface area contributed by atoms with Gasteiger partial charge in [-0.1, -0.05) is 5.16 Å². The second kappa shape index (κ2) is 6.92. The summed E-state index contributed by atoms with van der Waals surface area (Å²) in [7, 11) is 0. The van der Waals surface area contributed by atoms with Gasteiger partial charge in [0.2, 0.25) is 11.7 Å². The number of aromatic nitrogens is 2. The van der Waals surface area contributed by atoms with Gasteiger partial charge in [0.15, 0.2) is 5.69 Å². The molecule has 1 aliphatic rings. The highest BCUT2D eigenvalue weighted by atomic mass is 79.9. The first kappa shape index (κ1) is 15.7. The maximum absolute atomic E-state index is 13.3. The molecule has 10 heteroatoms. The third kappa shape index (κ3) is 3.59. The van der Waals surface area contributed by atoms with Gasteiger partial charge in [-0.3, -0.25) is 0 Å². The lowest BCUT2D eigenvalue weighted by atomic mass is 10.0. The molecule has 23 heavy (non-hydrogen) atoms. The Morgan fingerprint density at radius 2 is 2.30 bits per heavy atom. The quantitative estimate of drug-likeness (QED) is 0.269. The summed E-state index contributed by atoms with van der Waals surface area (Å²) in [4.78, 5) is 0. The van der Waals surface area contributed by atoms with E-state index in [4.69, 9.17) is 4.63 Å². The molecule has 0 amide bonds. The van der Waals surface area contributed by atoms with Gasteiger partial charge in [-0.05, 0) is 44.4 Å². The average Bonchev–Trinajstić information content (AvgIpc) is 2.95. The molecule has 0 radical (unpaired) electrons. The number of rotatable bonds is 5. The second-order valence-corrected chi connectivity index (χ2v) is 5.92. The standard InChI is InChI=1S/C13H14BrFN6O2/c14-9-3-8(1-2-10(9)15)18-13(19-22)11-12(21-23-20-11)17-6-7-4-16-5-7/h1-3,7,16,22H,4-6H2,(H,17,21)(H,18,19). The summed E-state index contributed by atoms with van der Waals surface area (Å²) in [5, 5.41) is 29.1. The van der Waals surface area contributed by atoms with Crippen molar-refractivity contribution in [3.05, 3.63) is 34.2 Å². The van der Waals surface area contributed by atoms with Crippen LogP contribution in [0.25, 0.3) is 0 Å². The van der Waals surface area contributed by atoms with Crippen molar-refractivity contribution >= 4 is 33.3 Å². The van der Waals surface area contributed by atoms with Gasteiger partial charge in [-0.15, -0.1) is 0 Å². The van der Waals surface area contributed by atoms with E-state index in [1.165, 1.54) is 18.2 Å². The highest BCUT2D eigenvalue weighted by molar-refractivity contribution is 9.10. The smallest absolute Gasteiger partial charge is 0.203 e. The number of anilines is 2. The van der Waals surface area contributed by atoms with Crippen LogP contribution in [0.3, 0.4) is 0 Å². The monoisotopic (exact) mass is 384 g/mol. The Hall–Kier alpha value is -2.20. The Morgan fingerprint density at radius 1 is 1.48 bits per heavy atom. The van der Waals surface area contributed by atoms with E-state index in [1.54, 1.807) is 0 Å². The minimum atomic E-state index is -0.391. The van der Waals surface area contributed by atoms with E-state index in [-0.39, 0.29) is 16.0 Å². The molecule has 8 nitrogen and oxygen atoms in total. The summed E-state index contributed by atoms with van der Waals surface area (Å²) in [5.41, 5.74) is 0.753. The molecule has 0 spiro atoms. The largest absolute Gasteiger partial charge is 0.409 e. The van der Waals surface area contributed by atoms with Gasteiger partial charge < -0.3 is 21.2 Å². The molecule has 1 saturated heterocycles. The molecule has 1 aliphatic heterocycles. The number of halogens is 2. The Bertz CT molecular complexity index is 718. The van der Waals surface area contributed by atoms with E-state index in [2.05, 4.69) is 47.3 Å². The van der Waals surface area contributed by atoms with E-state index >= 15 is 0 Å². The van der Waals surface area contributed by atoms with Gasteiger partial charge in [0.25, 0.3) is 0 Å². The Balaban J connectivity index is 1.73. The zero-order chi connectivity index (χ0) is 16.2. The first-order chi connectivity index (χ1) is 11.2. The van der Waals surface area contributed by atoms with Gasteiger partial charge in [-0.2, -0.15) is 0 Å². The molecule has 1 aromatic heterocycles. The van der Waals surface area contributed by atoms with Crippen LogP contribution in [0.15, 0.2) is 32.5 Å². The molecule has 0 atom stereocenters. The van der Waals surface area contributed by atoms with Crippen molar-refractivity contribution in [2.24, 2.45) is 11.1 Å². The minimum Gasteiger partial charge on any atom is -0.409 e. The number of hydrogen-bond acceptors (Lipinski definition) is 7. The predicted octanol–water partition coefficient (Wildman–Crippen LogP) is 1.85. The van der Waals surface area contributed by atoms with Gasteiger partial charge in [-0.25, -0.2) is 9.02 Å². The molecule has 2 aromatic rings. The van der Waals surface area contributed by atoms with E-state index in [0.717, 1.165) is 13.1 Å². The van der Waals surface area contributed by atoms with Gasteiger partial charge in [0.05, 0.1) is 4.47 Å². The van der Waals surface area contributed by atoms with Crippen molar-refractivity contribution in [3.8, 4) is 0 Å². The van der Waals surface area contributed by atoms with Crippen LogP contribution < -0.4 is 16.0 Å². The molecular weight excluding hydrogens is 371 g/mol. The third-order valence-electron chi connectivity index (χ3n) is 3.42. The van der Waals surface area contributed by atoms with Crippen LogP contribution in [0.2, 0.25) is 0 Å². The lowest BCUT2D eigenvalue weighted by Crippen LogP contribution is -2.45. The van der Waals surface area contributed by atoms with Crippen LogP contribution in [0, 0.1) is 11.7 Å². The molecule has 0 unspecified atom stereocenters. The SMILES string of the molecule is ON=C(Nc1ccc(F)c(Br)c1)c1nonc1NCC1CNC1. The van der Waals surface area contributed by atoms with E-state index in [0.29, 0.717) is 24.0 Å². The summed E-state index contributed by atoms with van der Waals surface area (Å²) >= 11 is 3.09. The maximum Gasteiger partial charge on any atom is 0.203 e. The summed E-state index contributed by atoms with van der Waals surface area (Å²) in [6.07, 6.45) is 0. The van der Waals surface area contributed by atoms with E-state index in [1.807, 2.05) is 0 Å². The minimum absolute atomic E-state index is 0.0407. The lowest BCUT2D eigenvalue weighted by molar-refractivity contribution is 0.304. The molecule has 1 aromatic carbocycles. The summed E-state index contributed by atoms with van der Waals surface area (Å²) in [6.45, 7) is 2.59. The van der Waals surface area contributed by atoms with Crippen molar-refractivity contribution in [2.75, 3.05) is 30.3 Å². The summed E-state index contributed by atoms with van der Waals surface area (Å²) < 4.78 is 18.3. The Morgan fingerprint density at radius 3 is 2.96 bits per heavy atom. The number of amidine groups is 1. The van der Waals surface area contributed by atoms with Crippen molar-refractivity contribution in [1.29, 1.82) is 0 Å². The predicted molar refractivity (Wildman–Crippen MR) is 85.2 cm³/mol. The van der Waals surface area contributed by atoms with Crippen molar-refractivity contribution < 1.29 is 14.2 Å². The van der Waals surface area contributed by atoms with E-state index in [9.17, 15) is 9.60 Å². The first-order valence-corrected chi connectivity index (χ1v) is 7.68. The normalized spacial score (nSPS) is 15.3. The maximum atomic E-state index is 13.3. The fourth-order valence-corrected chi connectivity index (χ4v) is 2.41. The fraction of sp³-hybridized carbons (Fsp3) is 0.308. The third-order valence-corrected chi connectivity index (χ3v) is 4.03. The molecule has 1 fully saturated rings. The number of nitrogens with one attached hydrogen (secondary N) is 3. The Kier molecular flexibility index (Phi) is 4.72. The molecule has 0 aliphatic carbocycles. The van der Waals surface area contributed by atoms with Gasteiger partial charge in [0, 0.05) is 31.2 Å². The zero-order valence-corrected chi connectivity index (χ0v) is 13.5. The zero-order valence-electron chi connectivity index (χ0n) is 11.9. The van der Waals surface area contributed by atoms with Crippen LogP contribution >= 0.6 is 15.9 Å². The van der Waals surface area contributed by atoms with Gasteiger partial charge in [0.1, 0.15) is 5.82 Å². The molecule has 3 rings (SSSR count). The number of nitrogens with zero attached hydrogens (tertiary/aromatic N) is 3. The van der Waals surface area contributed by atoms with Crippen LogP contribution in [-0.2, 0) is 0 Å². The topological polar surface area (TPSA) is 108 Å². The van der Waals surface area contributed by atoms with Crippen molar-refractivity contribution in [3.63, 3.8) is 0 Å². The highest BCUT2D eigenvalue weighted by Gasteiger charge is 2.21. The second-order valence-electron chi connectivity index (χ2n) is 5.07. The van der Waals surface area contributed by atoms with Gasteiger partial charge >= 0.3 is 0 Å². The number of hydrogen-bond donors (Lipinski definition) is 4.